The number of rotatable bonds is 6. The lowest BCUT2D eigenvalue weighted by atomic mass is 10.1. The Labute approximate surface area is 111 Å². The first-order valence-electron chi connectivity index (χ1n) is 6.14. The molecule has 1 unspecified atom stereocenters. The highest BCUT2D eigenvalue weighted by molar-refractivity contribution is 5.24. The van der Waals surface area contributed by atoms with Gasteiger partial charge in [0, 0.05) is 24.4 Å². The number of nitrogens with two attached hydrogens (primary N) is 1. The van der Waals surface area contributed by atoms with E-state index in [4.69, 9.17) is 10.6 Å². The fourth-order valence-corrected chi connectivity index (χ4v) is 1.83. The van der Waals surface area contributed by atoms with Crippen LogP contribution in [0.2, 0.25) is 0 Å². The molecule has 2 heterocycles. The van der Waals surface area contributed by atoms with Crippen LogP contribution in [0.4, 0.5) is 0 Å². The predicted octanol–water partition coefficient (Wildman–Crippen LogP) is 0.644. The minimum Gasteiger partial charge on any atom is -0.480 e. The van der Waals surface area contributed by atoms with E-state index in [1.807, 2.05) is 16.9 Å². The number of nitrogens with zero attached hydrogens (tertiary/aromatic N) is 4. The Kier molecular flexibility index (Phi) is 4.43. The normalized spacial score (nSPS) is 12.4. The third-order valence-electron chi connectivity index (χ3n) is 2.77. The molecule has 0 aliphatic heterocycles. The fraction of sp³-hybridized carbons (Fsp3) is 0.417. The van der Waals surface area contributed by atoms with Gasteiger partial charge in [-0.05, 0) is 12.5 Å². The highest BCUT2D eigenvalue weighted by atomic mass is 16.5. The first-order chi connectivity index (χ1) is 9.28. The summed E-state index contributed by atoms with van der Waals surface area (Å²) in [7, 11) is 1.55. The number of hydrazine groups is 1. The van der Waals surface area contributed by atoms with Crippen molar-refractivity contribution in [1.82, 2.24) is 25.4 Å². The largest absolute Gasteiger partial charge is 0.480 e. The van der Waals surface area contributed by atoms with E-state index in [2.05, 4.69) is 27.6 Å². The van der Waals surface area contributed by atoms with Gasteiger partial charge >= 0.3 is 0 Å². The van der Waals surface area contributed by atoms with Crippen LogP contribution in [-0.4, -0.2) is 27.1 Å². The summed E-state index contributed by atoms with van der Waals surface area (Å²) in [5.41, 5.74) is 4.41. The number of hydrogen-bond donors (Lipinski definition) is 2. The van der Waals surface area contributed by atoms with Crippen molar-refractivity contribution >= 4 is 0 Å². The molecule has 0 saturated carbocycles. The Balaban J connectivity index is 2.21. The van der Waals surface area contributed by atoms with E-state index in [-0.39, 0.29) is 6.04 Å². The molecule has 2 aromatic rings. The van der Waals surface area contributed by atoms with E-state index in [1.165, 1.54) is 0 Å². The number of aromatic nitrogens is 4. The van der Waals surface area contributed by atoms with Gasteiger partial charge in [-0.2, -0.15) is 5.10 Å². The molecular weight excluding hydrogens is 244 g/mol. The van der Waals surface area contributed by atoms with Gasteiger partial charge in [0.1, 0.15) is 0 Å². The first kappa shape index (κ1) is 13.4. The molecule has 0 aromatic carbocycles. The van der Waals surface area contributed by atoms with Crippen LogP contribution in [0.5, 0.6) is 5.88 Å². The summed E-state index contributed by atoms with van der Waals surface area (Å²) in [5, 5.41) is 12.3. The lowest BCUT2D eigenvalue weighted by Crippen LogP contribution is -2.29. The molecule has 7 nitrogen and oxygen atoms in total. The summed E-state index contributed by atoms with van der Waals surface area (Å²) in [6.45, 7) is 2.99. The molecule has 0 aliphatic carbocycles. The van der Waals surface area contributed by atoms with Crippen molar-refractivity contribution in [2.24, 2.45) is 5.84 Å². The van der Waals surface area contributed by atoms with Crippen molar-refractivity contribution in [2.75, 3.05) is 7.11 Å². The Morgan fingerprint density at radius 3 is 2.84 bits per heavy atom. The van der Waals surface area contributed by atoms with Gasteiger partial charge in [-0.1, -0.05) is 6.92 Å². The third-order valence-corrected chi connectivity index (χ3v) is 2.77. The zero-order valence-electron chi connectivity index (χ0n) is 11.1. The predicted molar refractivity (Wildman–Crippen MR) is 70.3 cm³/mol. The van der Waals surface area contributed by atoms with Crippen molar-refractivity contribution < 1.29 is 4.74 Å². The van der Waals surface area contributed by atoms with Gasteiger partial charge < -0.3 is 4.74 Å². The van der Waals surface area contributed by atoms with Crippen molar-refractivity contribution in [3.8, 4) is 5.88 Å². The highest BCUT2D eigenvalue weighted by Crippen LogP contribution is 2.19. The second kappa shape index (κ2) is 6.26. The standard InChI is InChI=1S/C12H18N6O/c1-3-6-18-8-9(7-14-18)12(15-13)10-4-5-11(19-2)17-16-10/h4-5,7-8,12,15H,3,6,13H2,1-2H3. The van der Waals surface area contributed by atoms with Crippen LogP contribution in [0.1, 0.15) is 30.6 Å². The molecule has 0 radical (unpaired) electrons. The molecule has 0 spiro atoms. The maximum Gasteiger partial charge on any atom is 0.233 e. The maximum absolute atomic E-state index is 5.60. The molecule has 3 N–H and O–H groups in total. The molecular formula is C12H18N6O. The summed E-state index contributed by atoms with van der Waals surface area (Å²) in [6.07, 6.45) is 4.77. The third kappa shape index (κ3) is 3.07. The van der Waals surface area contributed by atoms with Crippen LogP contribution in [0.3, 0.4) is 0 Å². The summed E-state index contributed by atoms with van der Waals surface area (Å²) in [6, 6.07) is 3.35. The van der Waals surface area contributed by atoms with Gasteiger partial charge in [0.25, 0.3) is 0 Å². The molecule has 0 bridgehead atoms. The Morgan fingerprint density at radius 2 is 2.26 bits per heavy atom. The minimum atomic E-state index is -0.232. The van der Waals surface area contributed by atoms with Crippen LogP contribution in [0.15, 0.2) is 24.5 Å². The van der Waals surface area contributed by atoms with E-state index in [1.54, 1.807) is 19.4 Å². The monoisotopic (exact) mass is 262 g/mol. The minimum absolute atomic E-state index is 0.232. The average molecular weight is 262 g/mol. The molecule has 2 aromatic heterocycles. The number of methoxy groups -OCH3 is 1. The quantitative estimate of drug-likeness (QED) is 0.586. The van der Waals surface area contributed by atoms with Gasteiger partial charge in [-0.15, -0.1) is 10.2 Å². The molecule has 19 heavy (non-hydrogen) atoms. The summed E-state index contributed by atoms with van der Waals surface area (Å²) in [4.78, 5) is 0. The average Bonchev–Trinajstić information content (AvgIpc) is 2.89. The van der Waals surface area contributed by atoms with Gasteiger partial charge in [0.05, 0.1) is 25.0 Å². The number of nitrogens with one attached hydrogen (secondary N) is 1. The van der Waals surface area contributed by atoms with E-state index in [0.29, 0.717) is 5.88 Å². The molecule has 102 valence electrons. The van der Waals surface area contributed by atoms with Crippen LogP contribution < -0.4 is 16.0 Å². The van der Waals surface area contributed by atoms with E-state index >= 15 is 0 Å². The van der Waals surface area contributed by atoms with Gasteiger partial charge in [0.15, 0.2) is 0 Å². The van der Waals surface area contributed by atoms with E-state index in [9.17, 15) is 0 Å². The lowest BCUT2D eigenvalue weighted by Gasteiger charge is -2.12. The zero-order valence-corrected chi connectivity index (χ0v) is 11.1. The molecule has 2 rings (SSSR count). The first-order valence-corrected chi connectivity index (χ1v) is 6.14. The smallest absolute Gasteiger partial charge is 0.233 e. The van der Waals surface area contributed by atoms with Crippen molar-refractivity contribution in [3.63, 3.8) is 0 Å². The van der Waals surface area contributed by atoms with Crippen molar-refractivity contribution in [1.29, 1.82) is 0 Å². The second-order valence-corrected chi connectivity index (χ2v) is 4.14. The molecule has 0 fully saturated rings. The summed E-state index contributed by atoms with van der Waals surface area (Å²) >= 11 is 0. The number of ether oxygens (including phenoxy) is 1. The SMILES string of the molecule is CCCn1cc(C(NN)c2ccc(OC)nn2)cn1. The van der Waals surface area contributed by atoms with Gasteiger partial charge in [-0.25, -0.2) is 5.43 Å². The van der Waals surface area contributed by atoms with Crippen LogP contribution in [0, 0.1) is 0 Å². The van der Waals surface area contributed by atoms with Crippen molar-refractivity contribution in [2.45, 2.75) is 25.9 Å². The zero-order chi connectivity index (χ0) is 13.7. The number of aryl methyl sites for hydroxylation is 1. The topological polar surface area (TPSA) is 90.9 Å². The maximum atomic E-state index is 5.60. The number of hydrogen-bond acceptors (Lipinski definition) is 6. The molecule has 0 amide bonds. The Hall–Kier alpha value is -1.99. The molecule has 1 atom stereocenters. The molecule has 0 saturated heterocycles. The van der Waals surface area contributed by atoms with Crippen LogP contribution in [-0.2, 0) is 6.54 Å². The van der Waals surface area contributed by atoms with Crippen LogP contribution >= 0.6 is 0 Å². The Bertz CT molecular complexity index is 509. The summed E-state index contributed by atoms with van der Waals surface area (Å²) < 4.78 is 6.87. The van der Waals surface area contributed by atoms with Gasteiger partial charge in [0.2, 0.25) is 5.88 Å². The fourth-order valence-electron chi connectivity index (χ4n) is 1.83. The van der Waals surface area contributed by atoms with Gasteiger partial charge in [-0.3, -0.25) is 10.5 Å². The van der Waals surface area contributed by atoms with Crippen molar-refractivity contribution in [3.05, 3.63) is 35.8 Å². The molecule has 7 heteroatoms. The molecule has 0 aliphatic rings. The lowest BCUT2D eigenvalue weighted by molar-refractivity contribution is 0.390. The van der Waals surface area contributed by atoms with Crippen LogP contribution in [0.25, 0.3) is 0 Å². The second-order valence-electron chi connectivity index (χ2n) is 4.14. The highest BCUT2D eigenvalue weighted by Gasteiger charge is 2.16. The van der Waals surface area contributed by atoms with E-state index in [0.717, 1.165) is 24.2 Å². The van der Waals surface area contributed by atoms with E-state index < -0.39 is 0 Å². The Morgan fingerprint density at radius 1 is 1.42 bits per heavy atom. The summed E-state index contributed by atoms with van der Waals surface area (Å²) in [5.74, 6) is 6.08.